The average Bonchev–Trinajstić information content (AvgIpc) is 2.36. The molecule has 1 atom stereocenters. The molecule has 1 unspecified atom stereocenters. The molecule has 0 radical (unpaired) electrons. The van der Waals surface area contributed by atoms with Gasteiger partial charge in [-0.3, -0.25) is 4.79 Å². The minimum atomic E-state index is 0.171. The number of carbonyl (C=O) groups excluding carboxylic acids is 1. The van der Waals surface area contributed by atoms with Gasteiger partial charge in [0.2, 0.25) is 5.91 Å². The maximum atomic E-state index is 11.4. The van der Waals surface area contributed by atoms with Gasteiger partial charge in [-0.25, -0.2) is 0 Å². The number of hydrogen-bond donors (Lipinski definition) is 1. The topological polar surface area (TPSA) is 56.1 Å². The quantitative estimate of drug-likeness (QED) is 0.890. The lowest BCUT2D eigenvalue weighted by atomic mass is 10.0. The van der Waals surface area contributed by atoms with E-state index in [1.807, 2.05) is 0 Å². The summed E-state index contributed by atoms with van der Waals surface area (Å²) in [7, 11) is 1.79. The van der Waals surface area contributed by atoms with E-state index in [0.717, 1.165) is 12.1 Å². The van der Waals surface area contributed by atoms with Crippen molar-refractivity contribution >= 4 is 23.2 Å². The Morgan fingerprint density at radius 3 is 3.00 bits per heavy atom. The van der Waals surface area contributed by atoms with E-state index in [9.17, 15) is 4.79 Å². The molecule has 1 N–H and O–H groups in total. The van der Waals surface area contributed by atoms with Crippen molar-refractivity contribution in [3.8, 4) is 6.07 Å². The molecular formula is C13H14ClN3O. The van der Waals surface area contributed by atoms with Crippen LogP contribution in [-0.4, -0.2) is 30.4 Å². The molecule has 0 saturated carbocycles. The van der Waals surface area contributed by atoms with Crippen LogP contribution in [0.5, 0.6) is 0 Å². The van der Waals surface area contributed by atoms with Gasteiger partial charge in [0.1, 0.15) is 6.07 Å². The lowest BCUT2D eigenvalue weighted by Crippen LogP contribution is -2.43. The number of nitrogens with one attached hydrogen (secondary N) is 1. The second-order valence-corrected chi connectivity index (χ2v) is 4.89. The van der Waals surface area contributed by atoms with Gasteiger partial charge in [-0.1, -0.05) is 11.6 Å². The van der Waals surface area contributed by atoms with E-state index in [4.69, 9.17) is 16.9 Å². The highest BCUT2D eigenvalue weighted by molar-refractivity contribution is 6.30. The number of likely N-dealkylation sites (N-methyl/N-ethyl adjacent to an activating group) is 1. The van der Waals surface area contributed by atoms with Crippen LogP contribution in [0.15, 0.2) is 18.2 Å². The second-order valence-electron chi connectivity index (χ2n) is 4.46. The van der Waals surface area contributed by atoms with Crippen molar-refractivity contribution in [3.05, 3.63) is 28.8 Å². The van der Waals surface area contributed by atoms with Crippen molar-refractivity contribution in [2.45, 2.75) is 18.9 Å². The third-order valence-electron chi connectivity index (χ3n) is 3.09. The maximum absolute atomic E-state index is 11.4. The summed E-state index contributed by atoms with van der Waals surface area (Å²) in [6.07, 6.45) is 1.33. The normalized spacial score (nSPS) is 19.5. The van der Waals surface area contributed by atoms with Gasteiger partial charge in [0.15, 0.2) is 0 Å². The number of nitrogens with zero attached hydrogens (tertiary/aromatic N) is 2. The molecule has 18 heavy (non-hydrogen) atoms. The lowest BCUT2D eigenvalue weighted by Gasteiger charge is -2.31. The van der Waals surface area contributed by atoms with E-state index in [2.05, 4.69) is 11.4 Å². The molecule has 1 aromatic carbocycles. The van der Waals surface area contributed by atoms with Gasteiger partial charge in [-0.05, 0) is 24.6 Å². The van der Waals surface area contributed by atoms with Crippen LogP contribution in [-0.2, 0) is 4.79 Å². The van der Waals surface area contributed by atoms with Crippen LogP contribution in [0.3, 0.4) is 0 Å². The van der Waals surface area contributed by atoms with Crippen LogP contribution < -0.4 is 5.32 Å². The van der Waals surface area contributed by atoms with Crippen LogP contribution >= 0.6 is 11.6 Å². The largest absolute Gasteiger partial charge is 0.379 e. The van der Waals surface area contributed by atoms with Gasteiger partial charge in [0.25, 0.3) is 0 Å². The Balaban J connectivity index is 2.10. The fourth-order valence-corrected chi connectivity index (χ4v) is 2.26. The molecule has 0 aromatic heterocycles. The van der Waals surface area contributed by atoms with E-state index in [0.29, 0.717) is 23.6 Å². The smallest absolute Gasteiger partial charge is 0.222 e. The Morgan fingerprint density at radius 2 is 2.33 bits per heavy atom. The Kier molecular flexibility index (Phi) is 3.73. The first-order valence-electron chi connectivity index (χ1n) is 5.80. The third-order valence-corrected chi connectivity index (χ3v) is 3.32. The molecule has 1 aliphatic heterocycles. The molecule has 0 bridgehead atoms. The average molecular weight is 264 g/mol. The monoisotopic (exact) mass is 263 g/mol. The number of amides is 1. The summed E-state index contributed by atoms with van der Waals surface area (Å²) in [5, 5.41) is 12.9. The Labute approximate surface area is 111 Å². The molecule has 0 spiro atoms. The number of hydrogen-bond acceptors (Lipinski definition) is 3. The summed E-state index contributed by atoms with van der Waals surface area (Å²) < 4.78 is 0. The van der Waals surface area contributed by atoms with E-state index in [-0.39, 0.29) is 11.9 Å². The second kappa shape index (κ2) is 5.28. The van der Waals surface area contributed by atoms with E-state index in [1.54, 1.807) is 30.1 Å². The minimum absolute atomic E-state index is 0.171. The van der Waals surface area contributed by atoms with Crippen molar-refractivity contribution in [1.82, 2.24) is 4.90 Å². The molecule has 5 heteroatoms. The van der Waals surface area contributed by atoms with Gasteiger partial charge < -0.3 is 10.2 Å². The van der Waals surface area contributed by atoms with Gasteiger partial charge in [0.05, 0.1) is 11.3 Å². The summed E-state index contributed by atoms with van der Waals surface area (Å²) in [6, 6.07) is 7.50. The number of likely N-dealkylation sites (tertiary alicyclic amines) is 1. The molecule has 0 aliphatic carbocycles. The molecule has 1 heterocycles. The summed E-state index contributed by atoms with van der Waals surface area (Å²) in [5.74, 6) is 0.171. The summed E-state index contributed by atoms with van der Waals surface area (Å²) in [6.45, 7) is 0.659. The number of piperidine rings is 1. The molecule has 4 nitrogen and oxygen atoms in total. The molecular weight excluding hydrogens is 250 g/mol. The van der Waals surface area contributed by atoms with Crippen LogP contribution in [0.25, 0.3) is 0 Å². The maximum Gasteiger partial charge on any atom is 0.222 e. The molecule has 94 valence electrons. The lowest BCUT2D eigenvalue weighted by molar-refractivity contribution is -0.132. The number of anilines is 1. The summed E-state index contributed by atoms with van der Waals surface area (Å²) in [5.41, 5.74) is 1.30. The van der Waals surface area contributed by atoms with Crippen LogP contribution in [0, 0.1) is 11.3 Å². The summed E-state index contributed by atoms with van der Waals surface area (Å²) in [4.78, 5) is 13.1. The third kappa shape index (κ3) is 2.74. The number of carbonyl (C=O) groups is 1. The molecule has 1 saturated heterocycles. The highest BCUT2D eigenvalue weighted by Crippen LogP contribution is 2.22. The van der Waals surface area contributed by atoms with Crippen LogP contribution in [0.4, 0.5) is 5.69 Å². The van der Waals surface area contributed by atoms with Gasteiger partial charge in [-0.2, -0.15) is 5.26 Å². The van der Waals surface area contributed by atoms with Crippen LogP contribution in [0.1, 0.15) is 18.4 Å². The number of rotatable bonds is 2. The highest BCUT2D eigenvalue weighted by atomic mass is 35.5. The predicted molar refractivity (Wildman–Crippen MR) is 70.4 cm³/mol. The van der Waals surface area contributed by atoms with Gasteiger partial charge in [-0.15, -0.1) is 0 Å². The zero-order valence-electron chi connectivity index (χ0n) is 10.1. The Hall–Kier alpha value is -1.73. The number of benzene rings is 1. The first-order chi connectivity index (χ1) is 8.60. The molecule has 1 aliphatic rings. The van der Waals surface area contributed by atoms with E-state index >= 15 is 0 Å². The van der Waals surface area contributed by atoms with Gasteiger partial charge in [0, 0.05) is 31.1 Å². The highest BCUT2D eigenvalue weighted by Gasteiger charge is 2.23. The number of nitriles is 1. The first kappa shape index (κ1) is 12.7. The van der Waals surface area contributed by atoms with Gasteiger partial charge >= 0.3 is 0 Å². The predicted octanol–water partition coefficient (Wildman–Crippen LogP) is 2.24. The van der Waals surface area contributed by atoms with Crippen molar-refractivity contribution in [1.29, 1.82) is 5.26 Å². The zero-order valence-corrected chi connectivity index (χ0v) is 10.9. The Bertz CT molecular complexity index is 509. The molecule has 2 rings (SSSR count). The zero-order chi connectivity index (χ0) is 13.1. The van der Waals surface area contributed by atoms with Crippen molar-refractivity contribution < 1.29 is 4.79 Å². The molecule has 1 fully saturated rings. The SMILES string of the molecule is CN1CC(Nc2ccc(Cl)cc2C#N)CCC1=O. The van der Waals surface area contributed by atoms with Crippen molar-refractivity contribution in [3.63, 3.8) is 0 Å². The molecule has 1 amide bonds. The van der Waals surface area contributed by atoms with Crippen molar-refractivity contribution in [2.75, 3.05) is 18.9 Å². The minimum Gasteiger partial charge on any atom is -0.379 e. The first-order valence-corrected chi connectivity index (χ1v) is 6.18. The van der Waals surface area contributed by atoms with Crippen LogP contribution in [0.2, 0.25) is 5.02 Å². The Morgan fingerprint density at radius 1 is 1.56 bits per heavy atom. The molecule has 1 aromatic rings. The fourth-order valence-electron chi connectivity index (χ4n) is 2.08. The fraction of sp³-hybridized carbons (Fsp3) is 0.385. The van der Waals surface area contributed by atoms with E-state index in [1.165, 1.54) is 0 Å². The number of halogens is 1. The van der Waals surface area contributed by atoms with E-state index < -0.39 is 0 Å². The summed E-state index contributed by atoms with van der Waals surface area (Å²) >= 11 is 5.85. The standard InChI is InChI=1S/C13H14ClN3O/c1-17-8-11(3-5-13(17)18)16-12-4-2-10(14)6-9(12)7-15/h2,4,6,11,16H,3,5,8H2,1H3. The van der Waals surface area contributed by atoms with Crippen molar-refractivity contribution in [2.24, 2.45) is 0 Å².